The van der Waals surface area contributed by atoms with Crippen molar-refractivity contribution in [2.24, 2.45) is 11.3 Å². The lowest BCUT2D eigenvalue weighted by Crippen LogP contribution is -2.60. The zero-order valence-corrected chi connectivity index (χ0v) is 10.9. The van der Waals surface area contributed by atoms with Gasteiger partial charge in [0.25, 0.3) is 0 Å². The van der Waals surface area contributed by atoms with Crippen LogP contribution in [0.4, 0.5) is 0 Å². The molecular weight excluding hydrogens is 218 g/mol. The molecule has 0 aromatic heterocycles. The van der Waals surface area contributed by atoms with E-state index in [2.05, 4.69) is 50.8 Å². The molecule has 0 aliphatic heterocycles. The fourth-order valence-corrected chi connectivity index (χ4v) is 3.74. The number of nitriles is 1. The first-order chi connectivity index (χ1) is 8.56. The quantitative estimate of drug-likeness (QED) is 0.673. The van der Waals surface area contributed by atoms with Crippen LogP contribution in [0.5, 0.6) is 0 Å². The smallest absolute Gasteiger partial charge is 0.0981 e. The van der Waals surface area contributed by atoms with E-state index in [0.717, 1.165) is 12.0 Å². The van der Waals surface area contributed by atoms with Crippen molar-refractivity contribution < 1.29 is 0 Å². The molecule has 0 bridgehead atoms. The fourth-order valence-electron chi connectivity index (χ4n) is 3.74. The molecule has 1 aromatic rings. The standard InChI is InChI=1S/C17H17N/c1-12(2)16(3)10-14-9-8-13-6-4-5-7-15(13)17(14,16)11-18/h4-9,14H,1,10H2,2-3H3/t14?,16-,17+/m1/s1. The van der Waals surface area contributed by atoms with E-state index in [4.69, 9.17) is 0 Å². The number of benzene rings is 1. The van der Waals surface area contributed by atoms with Crippen LogP contribution in [-0.2, 0) is 5.41 Å². The van der Waals surface area contributed by atoms with Gasteiger partial charge in [-0.1, -0.05) is 55.5 Å². The number of allylic oxidation sites excluding steroid dienone is 2. The molecule has 1 heteroatoms. The van der Waals surface area contributed by atoms with Gasteiger partial charge in [-0.05, 0) is 24.5 Å². The van der Waals surface area contributed by atoms with Crippen LogP contribution >= 0.6 is 0 Å². The number of rotatable bonds is 1. The molecule has 0 heterocycles. The molecule has 0 saturated heterocycles. The Kier molecular flexibility index (Phi) is 2.10. The maximum atomic E-state index is 9.88. The highest BCUT2D eigenvalue weighted by Crippen LogP contribution is 2.66. The normalized spacial score (nSPS) is 35.9. The summed E-state index contributed by atoms with van der Waals surface area (Å²) in [5.41, 5.74) is 2.96. The van der Waals surface area contributed by atoms with Crippen molar-refractivity contribution in [3.8, 4) is 6.07 Å². The van der Waals surface area contributed by atoms with E-state index in [1.54, 1.807) is 0 Å². The molecule has 0 N–H and O–H groups in total. The third-order valence-electron chi connectivity index (χ3n) is 5.07. The Bertz CT molecular complexity index is 604. The van der Waals surface area contributed by atoms with Crippen molar-refractivity contribution in [1.29, 1.82) is 5.26 Å². The minimum atomic E-state index is -0.413. The van der Waals surface area contributed by atoms with E-state index in [9.17, 15) is 5.26 Å². The zero-order chi connectivity index (χ0) is 13.0. The van der Waals surface area contributed by atoms with Crippen LogP contribution in [0.1, 0.15) is 31.4 Å². The lowest BCUT2D eigenvalue weighted by Gasteiger charge is -2.61. The van der Waals surface area contributed by atoms with Gasteiger partial charge >= 0.3 is 0 Å². The van der Waals surface area contributed by atoms with E-state index in [1.807, 2.05) is 12.1 Å². The molecule has 90 valence electrons. The zero-order valence-electron chi connectivity index (χ0n) is 10.9. The van der Waals surface area contributed by atoms with Crippen molar-refractivity contribution >= 4 is 6.08 Å². The molecule has 18 heavy (non-hydrogen) atoms. The average Bonchev–Trinajstić information content (AvgIpc) is 2.36. The lowest BCUT2D eigenvalue weighted by atomic mass is 9.39. The molecule has 1 saturated carbocycles. The summed E-state index contributed by atoms with van der Waals surface area (Å²) in [4.78, 5) is 0. The maximum Gasteiger partial charge on any atom is 0.0981 e. The van der Waals surface area contributed by atoms with E-state index >= 15 is 0 Å². The van der Waals surface area contributed by atoms with Gasteiger partial charge in [-0.2, -0.15) is 5.26 Å². The number of fused-ring (bicyclic) bond motifs is 3. The van der Waals surface area contributed by atoms with E-state index in [-0.39, 0.29) is 5.41 Å². The Morgan fingerprint density at radius 3 is 2.83 bits per heavy atom. The summed E-state index contributed by atoms with van der Waals surface area (Å²) in [7, 11) is 0. The molecular formula is C17H17N. The summed E-state index contributed by atoms with van der Waals surface area (Å²) in [6.45, 7) is 8.37. The number of hydrogen-bond acceptors (Lipinski definition) is 1. The molecule has 3 atom stereocenters. The lowest BCUT2D eigenvalue weighted by molar-refractivity contribution is 0.0377. The van der Waals surface area contributed by atoms with Crippen LogP contribution in [0.3, 0.4) is 0 Å². The van der Waals surface area contributed by atoms with Crippen LogP contribution in [0, 0.1) is 22.7 Å². The van der Waals surface area contributed by atoms with Crippen molar-refractivity contribution in [1.82, 2.24) is 0 Å². The molecule has 1 fully saturated rings. The first-order valence-electron chi connectivity index (χ1n) is 6.41. The third-order valence-corrected chi connectivity index (χ3v) is 5.07. The largest absolute Gasteiger partial charge is 0.197 e. The summed E-state index contributed by atoms with van der Waals surface area (Å²) < 4.78 is 0. The van der Waals surface area contributed by atoms with Crippen molar-refractivity contribution in [3.05, 3.63) is 53.6 Å². The second kappa shape index (κ2) is 3.36. The van der Waals surface area contributed by atoms with Gasteiger partial charge in [-0.15, -0.1) is 0 Å². The number of hydrogen-bond donors (Lipinski definition) is 0. The first-order valence-corrected chi connectivity index (χ1v) is 6.41. The van der Waals surface area contributed by atoms with Gasteiger partial charge < -0.3 is 0 Å². The Morgan fingerprint density at radius 2 is 2.17 bits per heavy atom. The molecule has 1 unspecified atom stereocenters. The summed E-state index contributed by atoms with van der Waals surface area (Å²) in [6.07, 6.45) is 5.39. The minimum absolute atomic E-state index is 0.104. The third kappa shape index (κ3) is 1.02. The Labute approximate surface area is 108 Å². The van der Waals surface area contributed by atoms with Crippen molar-refractivity contribution in [3.63, 3.8) is 0 Å². The van der Waals surface area contributed by atoms with Gasteiger partial charge in [0.15, 0.2) is 0 Å². The van der Waals surface area contributed by atoms with Crippen LogP contribution in [0.2, 0.25) is 0 Å². The molecule has 1 nitrogen and oxygen atoms in total. The highest BCUT2D eigenvalue weighted by Gasteiger charge is 2.65. The van der Waals surface area contributed by atoms with Crippen molar-refractivity contribution in [2.75, 3.05) is 0 Å². The SMILES string of the molecule is C=C(C)[C@@]1(C)CC2C=Cc3ccccc3[C@]21C#N. The molecule has 3 rings (SSSR count). The Balaban J connectivity index is 2.28. The topological polar surface area (TPSA) is 23.8 Å². The minimum Gasteiger partial charge on any atom is -0.197 e. The van der Waals surface area contributed by atoms with Crippen LogP contribution in [-0.4, -0.2) is 0 Å². The molecule has 1 aromatic carbocycles. The highest BCUT2D eigenvalue weighted by atomic mass is 14.7. The highest BCUT2D eigenvalue weighted by molar-refractivity contribution is 5.66. The Morgan fingerprint density at radius 1 is 1.44 bits per heavy atom. The van der Waals surface area contributed by atoms with Gasteiger partial charge in [-0.3, -0.25) is 0 Å². The van der Waals surface area contributed by atoms with E-state index in [0.29, 0.717) is 5.92 Å². The summed E-state index contributed by atoms with van der Waals surface area (Å²) in [6, 6.07) is 10.9. The van der Waals surface area contributed by atoms with Gasteiger partial charge in [0.1, 0.15) is 0 Å². The van der Waals surface area contributed by atoms with Gasteiger partial charge in [0, 0.05) is 11.3 Å². The van der Waals surface area contributed by atoms with E-state index < -0.39 is 5.41 Å². The van der Waals surface area contributed by atoms with E-state index in [1.165, 1.54) is 11.1 Å². The first kappa shape index (κ1) is 11.3. The fraction of sp³-hybridized carbons (Fsp3) is 0.353. The van der Waals surface area contributed by atoms with Gasteiger partial charge in [0.2, 0.25) is 0 Å². The predicted octanol–water partition coefficient (Wildman–Crippen LogP) is 4.08. The molecule has 0 spiro atoms. The van der Waals surface area contributed by atoms with Crippen LogP contribution in [0.15, 0.2) is 42.5 Å². The maximum absolute atomic E-state index is 9.88. The summed E-state index contributed by atoms with van der Waals surface area (Å²) in [5.74, 6) is 0.332. The average molecular weight is 235 g/mol. The second-order valence-electron chi connectivity index (χ2n) is 5.79. The monoisotopic (exact) mass is 235 g/mol. The second-order valence-corrected chi connectivity index (χ2v) is 5.79. The Hall–Kier alpha value is -1.81. The van der Waals surface area contributed by atoms with Gasteiger partial charge in [-0.25, -0.2) is 0 Å². The van der Waals surface area contributed by atoms with Crippen LogP contribution in [0.25, 0.3) is 6.08 Å². The summed E-state index contributed by atoms with van der Waals surface area (Å²) >= 11 is 0. The van der Waals surface area contributed by atoms with Gasteiger partial charge in [0.05, 0.1) is 11.5 Å². The van der Waals surface area contributed by atoms with Crippen molar-refractivity contribution in [2.45, 2.75) is 25.7 Å². The number of nitrogens with zero attached hydrogens (tertiary/aromatic N) is 1. The molecule has 0 amide bonds. The predicted molar refractivity (Wildman–Crippen MR) is 73.8 cm³/mol. The summed E-state index contributed by atoms with van der Waals surface area (Å²) in [5, 5.41) is 9.88. The molecule has 0 radical (unpaired) electrons. The molecule has 2 aliphatic carbocycles. The molecule has 2 aliphatic rings. The van der Waals surface area contributed by atoms with Crippen LogP contribution < -0.4 is 0 Å².